The van der Waals surface area contributed by atoms with Gasteiger partial charge in [-0.15, -0.1) is 0 Å². The first kappa shape index (κ1) is 13.0. The smallest absolute Gasteiger partial charge is 0.236 e. The molecule has 16 heavy (non-hydrogen) atoms. The summed E-state index contributed by atoms with van der Waals surface area (Å²) in [6.45, 7) is 3.66. The minimum absolute atomic E-state index is 0.0820. The van der Waals surface area contributed by atoms with Gasteiger partial charge in [0.2, 0.25) is 5.50 Å². The second-order valence-corrected chi connectivity index (χ2v) is 5.47. The Bertz CT molecular complexity index is 376. The van der Waals surface area contributed by atoms with Crippen molar-refractivity contribution < 1.29 is 13.4 Å². The Kier molecular flexibility index (Phi) is 4.80. The molecule has 0 aliphatic heterocycles. The molecule has 4 heteroatoms. The number of ketones is 1. The Balaban J connectivity index is 2.72. The van der Waals surface area contributed by atoms with E-state index in [1.54, 1.807) is 30.3 Å². The highest BCUT2D eigenvalue weighted by molar-refractivity contribution is 7.86. The van der Waals surface area contributed by atoms with Crippen molar-refractivity contribution in [2.45, 2.75) is 30.7 Å². The third-order valence-corrected chi connectivity index (χ3v) is 3.40. The van der Waals surface area contributed by atoms with E-state index in [0.29, 0.717) is 4.90 Å². The van der Waals surface area contributed by atoms with Gasteiger partial charge >= 0.3 is 0 Å². The van der Waals surface area contributed by atoms with Crippen molar-refractivity contribution in [2.24, 2.45) is 5.92 Å². The SMILES string of the molecule is CC(C)CC(=O)C(F)S(=O)c1ccccc1. The predicted octanol–water partition coefficient (Wildman–Crippen LogP) is 2.71. The van der Waals surface area contributed by atoms with Crippen LogP contribution in [0.2, 0.25) is 0 Å². The fourth-order valence-corrected chi connectivity index (χ4v) is 2.29. The molecular formula is C12H15FO2S. The Labute approximate surface area is 97.3 Å². The van der Waals surface area contributed by atoms with Crippen molar-refractivity contribution in [3.05, 3.63) is 30.3 Å². The van der Waals surface area contributed by atoms with Crippen molar-refractivity contribution in [1.29, 1.82) is 0 Å². The Morgan fingerprint density at radius 2 is 1.88 bits per heavy atom. The van der Waals surface area contributed by atoms with Gasteiger partial charge in [0.1, 0.15) is 0 Å². The highest BCUT2D eigenvalue weighted by Gasteiger charge is 2.25. The summed E-state index contributed by atoms with van der Waals surface area (Å²) in [6, 6.07) is 8.22. The zero-order valence-electron chi connectivity index (χ0n) is 9.35. The Morgan fingerprint density at radius 1 is 1.31 bits per heavy atom. The monoisotopic (exact) mass is 242 g/mol. The normalized spacial score (nSPS) is 14.8. The van der Waals surface area contributed by atoms with Crippen molar-refractivity contribution in [3.8, 4) is 0 Å². The second-order valence-electron chi connectivity index (χ2n) is 3.99. The van der Waals surface area contributed by atoms with Gasteiger partial charge in [-0.25, -0.2) is 4.39 Å². The standard InChI is InChI=1S/C12H15FO2S/c1-9(2)8-11(14)12(13)16(15)10-6-4-3-5-7-10/h3-7,9,12H,8H2,1-2H3. The number of hydrogen-bond donors (Lipinski definition) is 0. The zero-order chi connectivity index (χ0) is 12.1. The first-order valence-electron chi connectivity index (χ1n) is 5.14. The molecule has 2 nitrogen and oxygen atoms in total. The van der Waals surface area contributed by atoms with Crippen LogP contribution in [0.1, 0.15) is 20.3 Å². The molecule has 0 N–H and O–H groups in total. The average Bonchev–Trinajstić information content (AvgIpc) is 2.27. The Morgan fingerprint density at radius 3 is 2.38 bits per heavy atom. The van der Waals surface area contributed by atoms with Gasteiger partial charge in [0.05, 0.1) is 10.8 Å². The molecule has 0 heterocycles. The molecule has 0 spiro atoms. The van der Waals surface area contributed by atoms with E-state index < -0.39 is 22.1 Å². The number of alkyl halides is 1. The number of halogens is 1. The summed E-state index contributed by atoms with van der Waals surface area (Å²) in [5.74, 6) is -0.504. The Hall–Kier alpha value is -1.03. The van der Waals surface area contributed by atoms with Crippen LogP contribution in [0.3, 0.4) is 0 Å². The summed E-state index contributed by atoms with van der Waals surface area (Å²) >= 11 is 0. The van der Waals surface area contributed by atoms with Crippen molar-refractivity contribution >= 4 is 16.6 Å². The lowest BCUT2D eigenvalue weighted by atomic mass is 10.1. The van der Waals surface area contributed by atoms with Crippen LogP contribution >= 0.6 is 0 Å². The molecule has 0 saturated heterocycles. The molecule has 2 atom stereocenters. The molecule has 88 valence electrons. The van der Waals surface area contributed by atoms with Crippen LogP contribution in [0, 0.1) is 5.92 Å². The fraction of sp³-hybridized carbons (Fsp3) is 0.417. The predicted molar refractivity (Wildman–Crippen MR) is 62.2 cm³/mol. The lowest BCUT2D eigenvalue weighted by molar-refractivity contribution is -0.121. The van der Waals surface area contributed by atoms with Gasteiger partial charge in [0.15, 0.2) is 5.78 Å². The van der Waals surface area contributed by atoms with Crippen molar-refractivity contribution in [2.75, 3.05) is 0 Å². The number of benzene rings is 1. The summed E-state index contributed by atoms with van der Waals surface area (Å²) in [7, 11) is -1.89. The van der Waals surface area contributed by atoms with E-state index >= 15 is 0 Å². The van der Waals surface area contributed by atoms with Gasteiger partial charge in [0.25, 0.3) is 0 Å². The summed E-state index contributed by atoms with van der Waals surface area (Å²) in [5.41, 5.74) is -1.91. The minimum atomic E-state index is -1.91. The molecule has 0 bridgehead atoms. The molecular weight excluding hydrogens is 227 g/mol. The highest BCUT2D eigenvalue weighted by atomic mass is 32.2. The number of hydrogen-bond acceptors (Lipinski definition) is 2. The fourth-order valence-electron chi connectivity index (χ4n) is 1.29. The number of rotatable bonds is 5. The topological polar surface area (TPSA) is 34.1 Å². The van der Waals surface area contributed by atoms with Gasteiger partial charge < -0.3 is 0 Å². The maximum absolute atomic E-state index is 13.6. The summed E-state index contributed by atoms with van der Waals surface area (Å²) in [4.78, 5) is 11.8. The maximum Gasteiger partial charge on any atom is 0.236 e. The maximum atomic E-state index is 13.6. The molecule has 0 saturated carbocycles. The minimum Gasteiger partial charge on any atom is -0.295 e. The largest absolute Gasteiger partial charge is 0.295 e. The van der Waals surface area contributed by atoms with E-state index in [-0.39, 0.29) is 12.3 Å². The van der Waals surface area contributed by atoms with Gasteiger partial charge in [0, 0.05) is 11.3 Å². The van der Waals surface area contributed by atoms with Crippen LogP contribution in [0.4, 0.5) is 4.39 Å². The molecule has 0 aromatic heterocycles. The van der Waals surface area contributed by atoms with E-state index in [4.69, 9.17) is 0 Å². The summed E-state index contributed by atoms with van der Waals surface area (Å²) < 4.78 is 25.3. The lowest BCUT2D eigenvalue weighted by Crippen LogP contribution is -2.22. The van der Waals surface area contributed by atoms with E-state index in [0.717, 1.165) is 0 Å². The lowest BCUT2D eigenvalue weighted by Gasteiger charge is -2.08. The highest BCUT2D eigenvalue weighted by Crippen LogP contribution is 2.15. The van der Waals surface area contributed by atoms with E-state index in [2.05, 4.69) is 0 Å². The van der Waals surface area contributed by atoms with Crippen molar-refractivity contribution in [1.82, 2.24) is 0 Å². The second kappa shape index (κ2) is 5.89. The summed E-state index contributed by atoms with van der Waals surface area (Å²) in [5, 5.41) is 0. The number of Topliss-reactive ketones (excluding diaryl/α,β-unsaturated/α-hetero) is 1. The van der Waals surface area contributed by atoms with Gasteiger partial charge in [-0.3, -0.25) is 9.00 Å². The quantitative estimate of drug-likeness (QED) is 0.795. The first-order chi connectivity index (χ1) is 7.52. The third-order valence-electron chi connectivity index (χ3n) is 2.03. The molecule has 1 rings (SSSR count). The molecule has 1 aromatic rings. The van der Waals surface area contributed by atoms with Crippen LogP contribution < -0.4 is 0 Å². The van der Waals surface area contributed by atoms with Crippen LogP contribution in [0.5, 0.6) is 0 Å². The summed E-state index contributed by atoms with van der Waals surface area (Å²) in [6.07, 6.45) is 0.125. The van der Waals surface area contributed by atoms with Crippen LogP contribution in [0.15, 0.2) is 35.2 Å². The van der Waals surface area contributed by atoms with Gasteiger partial charge in [-0.05, 0) is 18.1 Å². The molecule has 0 aliphatic carbocycles. The number of carbonyl (C=O) groups is 1. The van der Waals surface area contributed by atoms with Gasteiger partial charge in [-0.2, -0.15) is 0 Å². The van der Waals surface area contributed by atoms with Crippen LogP contribution in [0.25, 0.3) is 0 Å². The molecule has 0 fully saturated rings. The molecule has 1 aromatic carbocycles. The van der Waals surface area contributed by atoms with Gasteiger partial charge in [-0.1, -0.05) is 32.0 Å². The van der Waals surface area contributed by atoms with E-state index in [1.807, 2.05) is 13.8 Å². The molecule has 0 radical (unpaired) electrons. The van der Waals surface area contributed by atoms with Crippen LogP contribution in [-0.2, 0) is 15.6 Å². The third kappa shape index (κ3) is 3.52. The molecule has 0 amide bonds. The van der Waals surface area contributed by atoms with Crippen LogP contribution in [-0.4, -0.2) is 15.5 Å². The molecule has 0 aliphatic rings. The zero-order valence-corrected chi connectivity index (χ0v) is 10.2. The number of carbonyl (C=O) groups excluding carboxylic acids is 1. The van der Waals surface area contributed by atoms with Crippen molar-refractivity contribution in [3.63, 3.8) is 0 Å². The average molecular weight is 242 g/mol. The molecule has 2 unspecified atom stereocenters. The van der Waals surface area contributed by atoms with E-state index in [1.165, 1.54) is 0 Å². The first-order valence-corrected chi connectivity index (χ1v) is 6.36. The van der Waals surface area contributed by atoms with E-state index in [9.17, 15) is 13.4 Å².